The fraction of sp³-hybridized carbons (Fsp3) is 0.515. The Balaban J connectivity index is 0.000000172. The maximum Gasteiger partial charge on any atom is -0.00391 e. The van der Waals surface area contributed by atoms with Gasteiger partial charge in [0, 0.05) is 0 Å². The summed E-state index contributed by atoms with van der Waals surface area (Å²) in [5.41, 5.74) is 13.1. The molecular formula is C66H82Cl2SiZr-4. The molecule has 2 radical (unpaired) electrons. The van der Waals surface area contributed by atoms with Crippen molar-refractivity contribution in [2.45, 2.75) is 165 Å². The number of rotatable bonds is 8. The molecule has 70 heavy (non-hydrogen) atoms. The van der Waals surface area contributed by atoms with Crippen molar-refractivity contribution in [3.8, 4) is 22.3 Å². The van der Waals surface area contributed by atoms with E-state index in [2.05, 4.69) is 116 Å². The van der Waals surface area contributed by atoms with Crippen LogP contribution in [-0.4, -0.2) is 6.88 Å². The number of hydrogen-bond donors (Lipinski definition) is 0. The monoisotopic (exact) mass is 1060 g/mol. The third-order valence-corrected chi connectivity index (χ3v) is 19.8. The zero-order chi connectivity index (χ0) is 44.2. The third kappa shape index (κ3) is 10.8. The van der Waals surface area contributed by atoms with Gasteiger partial charge in [-0.25, -0.2) is 0 Å². The van der Waals surface area contributed by atoms with Crippen LogP contribution in [0.15, 0.2) is 109 Å². The maximum atomic E-state index is 3.06. The van der Waals surface area contributed by atoms with Crippen molar-refractivity contribution in [2.75, 3.05) is 0 Å². The van der Waals surface area contributed by atoms with Gasteiger partial charge in [-0.05, 0) is 170 Å². The normalized spacial score (nSPS) is 29.4. The van der Waals surface area contributed by atoms with Crippen LogP contribution in [0.25, 0.3) is 43.8 Å². The number of benzene rings is 4. The van der Waals surface area contributed by atoms with E-state index in [1.54, 1.807) is 22.3 Å². The van der Waals surface area contributed by atoms with Gasteiger partial charge in [-0.1, -0.05) is 136 Å². The van der Waals surface area contributed by atoms with Crippen LogP contribution >= 0.6 is 24.8 Å². The fourth-order valence-electron chi connectivity index (χ4n) is 17.7. The summed E-state index contributed by atoms with van der Waals surface area (Å²) in [6.07, 6.45) is 34.8. The van der Waals surface area contributed by atoms with Crippen LogP contribution in [-0.2, 0) is 47.0 Å². The molecule has 0 aliphatic heterocycles. The van der Waals surface area contributed by atoms with Gasteiger partial charge in [0.2, 0.25) is 0 Å². The molecule has 8 bridgehead atoms. The van der Waals surface area contributed by atoms with Gasteiger partial charge in [0.05, 0.1) is 0 Å². The molecule has 0 nitrogen and oxygen atoms in total. The van der Waals surface area contributed by atoms with Crippen LogP contribution < -0.4 is 0 Å². The Hall–Kier alpha value is -2.22. The molecule has 6 aromatic carbocycles. The second kappa shape index (κ2) is 23.1. The number of fused-ring (bicyclic) bond motifs is 2. The molecule has 10 saturated carbocycles. The Kier molecular flexibility index (Phi) is 17.9. The molecule has 4 heteroatoms. The minimum absolute atomic E-state index is 0. The van der Waals surface area contributed by atoms with Crippen molar-refractivity contribution >= 4 is 53.2 Å². The maximum absolute atomic E-state index is 3.06. The van der Waals surface area contributed by atoms with E-state index in [1.807, 2.05) is 0 Å². The molecule has 0 saturated heterocycles. The van der Waals surface area contributed by atoms with Gasteiger partial charge >= 0.3 is 30.2 Å². The average Bonchev–Trinajstić information content (AvgIpc) is 3.96. The molecule has 0 N–H and O–H groups in total. The van der Waals surface area contributed by atoms with E-state index < -0.39 is 0 Å². The summed E-state index contributed by atoms with van der Waals surface area (Å²) < 4.78 is 0. The van der Waals surface area contributed by atoms with Gasteiger partial charge in [0.1, 0.15) is 0 Å². The largest absolute Gasteiger partial charge is 0.164 e. The number of hydrogen-bond acceptors (Lipinski definition) is 0. The van der Waals surface area contributed by atoms with Crippen molar-refractivity contribution in [3.05, 3.63) is 146 Å². The van der Waals surface area contributed by atoms with Crippen LogP contribution in [0.2, 0.25) is 0 Å². The van der Waals surface area contributed by atoms with E-state index in [4.69, 9.17) is 0 Å². The summed E-state index contributed by atoms with van der Waals surface area (Å²) in [5.74, 6) is 7.90. The third-order valence-electron chi connectivity index (χ3n) is 19.8. The summed E-state index contributed by atoms with van der Waals surface area (Å²) in [5, 5.41) is 5.78. The average molecular weight is 1070 g/mol. The molecule has 0 unspecified atom stereocenters. The van der Waals surface area contributed by atoms with Gasteiger partial charge in [-0.2, -0.15) is 12.1 Å². The van der Waals surface area contributed by atoms with E-state index >= 15 is 0 Å². The molecule has 0 amide bonds. The minimum Gasteiger partial charge on any atom is -0.164 e. The summed E-state index contributed by atoms with van der Waals surface area (Å²) in [6.45, 7) is 3.06. The SMILES string of the molecule is Cl.Cl.[CH3-].[CH3-].[Si]=[Zr].c1cc(-c2ccc(C34CC5CC(CC(C5)C3)C4)cc2)c2cc(CC3CCCCC3)[cH-]c2c1.c1cc(-c2ccc(C34CC5CC(CC(C5)C3)C4)cc2)c2cc(CC3CCCCC3)[cH-]c2c1. The number of halogens is 2. The molecule has 0 aromatic heterocycles. The zero-order valence-electron chi connectivity index (χ0n) is 42.8. The van der Waals surface area contributed by atoms with Crippen molar-refractivity contribution in [1.82, 2.24) is 0 Å². The van der Waals surface area contributed by atoms with Gasteiger partial charge in [0.15, 0.2) is 0 Å². The Bertz CT molecular complexity index is 2370. The molecule has 16 rings (SSSR count). The quantitative estimate of drug-likeness (QED) is 0.105. The molecule has 0 atom stereocenters. The molecule has 0 spiro atoms. The molecular weight excluding hydrogens is 983 g/mol. The predicted octanol–water partition coefficient (Wildman–Crippen LogP) is 19.0. The molecule has 10 fully saturated rings. The van der Waals surface area contributed by atoms with E-state index in [0.717, 1.165) is 47.3 Å². The zero-order valence-corrected chi connectivity index (χ0v) is 47.9. The van der Waals surface area contributed by atoms with Crippen LogP contribution in [0.4, 0.5) is 0 Å². The van der Waals surface area contributed by atoms with Crippen LogP contribution in [0.5, 0.6) is 0 Å². The Morgan fingerprint density at radius 2 is 0.743 bits per heavy atom. The predicted molar refractivity (Wildman–Crippen MR) is 303 cm³/mol. The second-order valence-corrected chi connectivity index (χ2v) is 24.3. The topological polar surface area (TPSA) is 0 Å². The van der Waals surface area contributed by atoms with E-state index in [9.17, 15) is 0 Å². The van der Waals surface area contributed by atoms with Crippen molar-refractivity contribution in [2.24, 2.45) is 47.3 Å². The van der Waals surface area contributed by atoms with E-state index in [-0.39, 0.29) is 39.7 Å². The second-order valence-electron chi connectivity index (χ2n) is 24.3. The molecule has 10 aliphatic rings. The van der Waals surface area contributed by atoms with Crippen molar-refractivity contribution < 1.29 is 23.3 Å². The molecule has 6 aromatic rings. The smallest absolute Gasteiger partial charge is 0.00391 e. The molecule has 0 heterocycles. The molecule has 372 valence electrons. The fourth-order valence-corrected chi connectivity index (χ4v) is 17.7. The van der Waals surface area contributed by atoms with E-state index in [1.165, 1.54) is 221 Å². The summed E-state index contributed by atoms with van der Waals surface area (Å²) in [6, 6.07) is 43.6. The van der Waals surface area contributed by atoms with Gasteiger partial charge in [0.25, 0.3) is 0 Å². The Morgan fingerprint density at radius 3 is 1.06 bits per heavy atom. The van der Waals surface area contributed by atoms with Gasteiger partial charge < -0.3 is 14.9 Å². The first-order valence-corrected chi connectivity index (χ1v) is 31.5. The van der Waals surface area contributed by atoms with Crippen molar-refractivity contribution in [1.29, 1.82) is 0 Å². The van der Waals surface area contributed by atoms with E-state index in [0.29, 0.717) is 10.8 Å². The summed E-state index contributed by atoms with van der Waals surface area (Å²) >= 11 is 1.36. The van der Waals surface area contributed by atoms with Gasteiger partial charge in [-0.3, -0.25) is 0 Å². The van der Waals surface area contributed by atoms with Crippen molar-refractivity contribution in [3.63, 3.8) is 0 Å². The van der Waals surface area contributed by atoms with Crippen LogP contribution in [0.1, 0.15) is 164 Å². The van der Waals surface area contributed by atoms with Crippen LogP contribution in [0, 0.1) is 62.2 Å². The van der Waals surface area contributed by atoms with Gasteiger partial charge in [-0.15, -0.1) is 93.9 Å². The first-order chi connectivity index (χ1) is 32.5. The minimum atomic E-state index is 0. The Morgan fingerprint density at radius 1 is 0.429 bits per heavy atom. The van der Waals surface area contributed by atoms with Crippen LogP contribution in [0.3, 0.4) is 0 Å². The molecule has 10 aliphatic carbocycles. The summed E-state index contributed by atoms with van der Waals surface area (Å²) in [7, 11) is 0. The first kappa shape index (κ1) is 54.1. The Labute approximate surface area is 453 Å². The first-order valence-electron chi connectivity index (χ1n) is 27.3. The summed E-state index contributed by atoms with van der Waals surface area (Å²) in [4.78, 5) is 0. The standard InChI is InChI=1S/2C32H37.2CH3.2ClH.Si.Zr/c2*1-2-5-22(6-3-1)13-23-17-28-7-4-8-30(31(28)18-23)27-9-11-29(12-10-27)32-19-24-14-25(20-32)16-26(15-24)21-32;;;;;;/h2*4,7-12,17-18,22,24-26H,1-3,5-6,13-16,19-21H2;2*1H3;2*1H;;/q4*-1;;;;.